The van der Waals surface area contributed by atoms with Gasteiger partial charge in [0.15, 0.2) is 24.4 Å². The molecule has 0 radical (unpaired) electrons. The van der Waals surface area contributed by atoms with Crippen LogP contribution in [0.1, 0.15) is 104 Å². The van der Waals surface area contributed by atoms with E-state index in [1.807, 2.05) is 0 Å². The molecule has 4 atom stereocenters. The van der Waals surface area contributed by atoms with Crippen molar-refractivity contribution in [3.8, 4) is 0 Å². The van der Waals surface area contributed by atoms with Gasteiger partial charge in [-0.15, -0.1) is 10.2 Å². The molecule has 14 nitrogen and oxygen atoms in total. The molecule has 0 aromatic carbocycles. The molecule has 0 bridgehead atoms. The Labute approximate surface area is 259 Å². The van der Waals surface area contributed by atoms with Gasteiger partial charge in [0.05, 0.1) is 24.5 Å². The van der Waals surface area contributed by atoms with Crippen molar-refractivity contribution in [2.75, 3.05) is 0 Å². The predicted octanol–water partition coefficient (Wildman–Crippen LogP) is 3.54. The lowest BCUT2D eigenvalue weighted by Crippen LogP contribution is -2.53. The third kappa shape index (κ3) is 13.6. The quantitative estimate of drug-likeness (QED) is 0.113. The zero-order chi connectivity index (χ0) is 32.5. The number of carbonyl (C=O) groups excluding carboxylic acids is 4. The molecule has 2 aromatic rings. The standard InChI is InChI=1S/C30H48N6O8/c1-7-9-11-13-15-25-17-35(33-31-25)19-27(41-21(3)37)29(43-23(5)39)30(44-24(6)40)28(42-22(4)38)20-36-18-26(32-34-36)16-14-12-10-8-2/h17-18,27-30H,7-16,19-20H2,1-6H3/t27-,28-,29-,30-/m1/s1. The summed E-state index contributed by atoms with van der Waals surface area (Å²) in [6, 6.07) is 0. The number of nitrogens with zero attached hydrogens (tertiary/aromatic N) is 6. The Morgan fingerprint density at radius 2 is 0.955 bits per heavy atom. The summed E-state index contributed by atoms with van der Waals surface area (Å²) >= 11 is 0. The normalized spacial score (nSPS) is 13.9. The highest BCUT2D eigenvalue weighted by atomic mass is 16.6. The minimum Gasteiger partial charge on any atom is -0.456 e. The van der Waals surface area contributed by atoms with Crippen LogP contribution in [0, 0.1) is 0 Å². The fourth-order valence-corrected chi connectivity index (χ4v) is 4.85. The topological polar surface area (TPSA) is 167 Å². The molecule has 14 heteroatoms. The highest BCUT2D eigenvalue weighted by Gasteiger charge is 2.44. The van der Waals surface area contributed by atoms with Gasteiger partial charge in [0.25, 0.3) is 0 Å². The van der Waals surface area contributed by atoms with Crippen LogP contribution in [0.25, 0.3) is 0 Å². The molecule has 0 amide bonds. The van der Waals surface area contributed by atoms with Crippen LogP contribution < -0.4 is 0 Å². The lowest BCUT2D eigenvalue weighted by molar-refractivity contribution is -0.200. The predicted molar refractivity (Wildman–Crippen MR) is 158 cm³/mol. The van der Waals surface area contributed by atoms with Crippen molar-refractivity contribution >= 4 is 23.9 Å². The van der Waals surface area contributed by atoms with E-state index in [9.17, 15) is 19.2 Å². The summed E-state index contributed by atoms with van der Waals surface area (Å²) in [5, 5.41) is 16.8. The molecule has 0 aliphatic carbocycles. The van der Waals surface area contributed by atoms with Crippen LogP contribution in [0.3, 0.4) is 0 Å². The van der Waals surface area contributed by atoms with Crippen molar-refractivity contribution in [1.29, 1.82) is 0 Å². The first-order chi connectivity index (χ1) is 21.0. The molecule has 0 saturated carbocycles. The van der Waals surface area contributed by atoms with Crippen LogP contribution >= 0.6 is 0 Å². The van der Waals surface area contributed by atoms with E-state index in [0.29, 0.717) is 0 Å². The Bertz CT molecular complexity index is 1090. The van der Waals surface area contributed by atoms with Crippen molar-refractivity contribution in [2.24, 2.45) is 0 Å². The summed E-state index contributed by atoms with van der Waals surface area (Å²) in [6.45, 7) is 8.90. The molecule has 2 rings (SSSR count). The molecule has 246 valence electrons. The average Bonchev–Trinajstić information content (AvgIpc) is 3.59. The summed E-state index contributed by atoms with van der Waals surface area (Å²) in [5.41, 5.74) is 1.52. The number of ether oxygens (including phenoxy) is 4. The van der Waals surface area contributed by atoms with Crippen LogP contribution in [0.2, 0.25) is 0 Å². The van der Waals surface area contributed by atoms with E-state index in [-0.39, 0.29) is 13.1 Å². The Balaban J connectivity index is 2.39. The number of rotatable bonds is 21. The van der Waals surface area contributed by atoms with Gasteiger partial charge in [0.2, 0.25) is 0 Å². The first-order valence-corrected chi connectivity index (χ1v) is 15.5. The number of carbonyl (C=O) groups is 4. The summed E-state index contributed by atoms with van der Waals surface area (Å²) in [6.07, 6.45) is 8.35. The molecular formula is C30H48N6O8. The van der Waals surface area contributed by atoms with Gasteiger partial charge in [0.1, 0.15) is 0 Å². The molecule has 0 saturated heterocycles. The van der Waals surface area contributed by atoms with Gasteiger partial charge in [-0.3, -0.25) is 19.2 Å². The maximum Gasteiger partial charge on any atom is 0.303 e. The monoisotopic (exact) mass is 620 g/mol. The first-order valence-electron chi connectivity index (χ1n) is 15.5. The first kappa shape index (κ1) is 36.4. The lowest BCUT2D eigenvalue weighted by Gasteiger charge is -2.35. The van der Waals surface area contributed by atoms with Gasteiger partial charge in [-0.05, 0) is 25.7 Å². The van der Waals surface area contributed by atoms with Crippen LogP contribution in [0.5, 0.6) is 0 Å². The zero-order valence-electron chi connectivity index (χ0n) is 26.9. The Kier molecular flexibility index (Phi) is 16.1. The number of hydrogen-bond donors (Lipinski definition) is 0. The van der Waals surface area contributed by atoms with Crippen molar-refractivity contribution in [1.82, 2.24) is 30.0 Å². The molecular weight excluding hydrogens is 572 g/mol. The number of aromatic nitrogens is 6. The molecule has 0 aliphatic heterocycles. The maximum absolute atomic E-state index is 12.3. The minimum absolute atomic E-state index is 0.0741. The number of aryl methyl sites for hydroxylation is 2. The molecule has 0 spiro atoms. The molecule has 0 fully saturated rings. The number of unbranched alkanes of at least 4 members (excludes halogenated alkanes) is 6. The Morgan fingerprint density at radius 1 is 0.591 bits per heavy atom. The van der Waals surface area contributed by atoms with E-state index in [1.165, 1.54) is 37.1 Å². The summed E-state index contributed by atoms with van der Waals surface area (Å²) in [4.78, 5) is 49.2. The average molecular weight is 621 g/mol. The van der Waals surface area contributed by atoms with Gasteiger partial charge in [-0.2, -0.15) is 0 Å². The molecule has 0 N–H and O–H groups in total. The Hall–Kier alpha value is -3.84. The SMILES string of the molecule is CCCCCCc1cn(C[C@@H](OC(C)=O)[C@@H](OC(C)=O)[C@H](OC(C)=O)[C@@H](Cn2cc(CCCCCC)nn2)OC(C)=O)nn1. The number of esters is 4. The van der Waals surface area contributed by atoms with E-state index in [0.717, 1.165) is 75.6 Å². The van der Waals surface area contributed by atoms with E-state index < -0.39 is 48.3 Å². The lowest BCUT2D eigenvalue weighted by atomic mass is 10.0. The van der Waals surface area contributed by atoms with E-state index >= 15 is 0 Å². The van der Waals surface area contributed by atoms with Gasteiger partial charge in [0, 0.05) is 40.1 Å². The van der Waals surface area contributed by atoms with E-state index in [1.54, 1.807) is 12.4 Å². The third-order valence-corrected chi connectivity index (χ3v) is 6.77. The van der Waals surface area contributed by atoms with Crippen LogP contribution in [0.15, 0.2) is 12.4 Å². The molecule has 0 aliphatic rings. The van der Waals surface area contributed by atoms with Gasteiger partial charge >= 0.3 is 23.9 Å². The summed E-state index contributed by atoms with van der Waals surface area (Å²) < 4.78 is 25.4. The summed E-state index contributed by atoms with van der Waals surface area (Å²) in [7, 11) is 0. The zero-order valence-corrected chi connectivity index (χ0v) is 26.9. The van der Waals surface area contributed by atoms with Crippen LogP contribution in [-0.2, 0) is 64.1 Å². The molecule has 2 aromatic heterocycles. The van der Waals surface area contributed by atoms with Crippen molar-refractivity contribution in [2.45, 2.75) is 143 Å². The van der Waals surface area contributed by atoms with Crippen LogP contribution in [-0.4, -0.2) is 78.3 Å². The van der Waals surface area contributed by atoms with Crippen LogP contribution in [0.4, 0.5) is 0 Å². The van der Waals surface area contributed by atoms with E-state index in [4.69, 9.17) is 18.9 Å². The molecule has 0 unspecified atom stereocenters. The second-order valence-electron chi connectivity index (χ2n) is 10.9. The molecule has 44 heavy (non-hydrogen) atoms. The fourth-order valence-electron chi connectivity index (χ4n) is 4.85. The van der Waals surface area contributed by atoms with Crippen molar-refractivity contribution in [3.63, 3.8) is 0 Å². The summed E-state index contributed by atoms with van der Waals surface area (Å²) in [5.74, 6) is -2.78. The van der Waals surface area contributed by atoms with E-state index in [2.05, 4.69) is 34.5 Å². The van der Waals surface area contributed by atoms with Gasteiger partial charge in [-0.25, -0.2) is 9.36 Å². The number of hydrogen-bond acceptors (Lipinski definition) is 12. The largest absolute Gasteiger partial charge is 0.456 e. The highest BCUT2D eigenvalue weighted by molar-refractivity contribution is 5.69. The van der Waals surface area contributed by atoms with Crippen molar-refractivity contribution < 1.29 is 38.1 Å². The second-order valence-corrected chi connectivity index (χ2v) is 10.9. The third-order valence-electron chi connectivity index (χ3n) is 6.77. The fraction of sp³-hybridized carbons (Fsp3) is 0.733. The van der Waals surface area contributed by atoms with Crippen molar-refractivity contribution in [3.05, 3.63) is 23.8 Å². The van der Waals surface area contributed by atoms with Gasteiger partial charge < -0.3 is 18.9 Å². The highest BCUT2D eigenvalue weighted by Crippen LogP contribution is 2.22. The molecule has 2 heterocycles. The smallest absolute Gasteiger partial charge is 0.303 e. The Morgan fingerprint density at radius 3 is 1.27 bits per heavy atom. The minimum atomic E-state index is -1.38. The second kappa shape index (κ2) is 19.4. The maximum atomic E-state index is 12.3. The van der Waals surface area contributed by atoms with Gasteiger partial charge in [-0.1, -0.05) is 62.8 Å².